The van der Waals surface area contributed by atoms with Gasteiger partial charge in [0, 0.05) is 18.6 Å². The molecule has 0 aromatic carbocycles. The van der Waals surface area contributed by atoms with Gasteiger partial charge in [0.05, 0.1) is 0 Å². The number of alkyl halides is 1. The molecule has 78 valence electrons. The lowest BCUT2D eigenvalue weighted by Crippen LogP contribution is -2.37. The molecule has 1 saturated heterocycles. The molecule has 2 heteroatoms. The highest BCUT2D eigenvalue weighted by atomic mass is 19.1. The van der Waals surface area contributed by atoms with E-state index in [1.807, 2.05) is 6.92 Å². The van der Waals surface area contributed by atoms with Gasteiger partial charge in [0.15, 0.2) is 0 Å². The van der Waals surface area contributed by atoms with Crippen LogP contribution in [0.3, 0.4) is 0 Å². The molecule has 0 amide bonds. The highest BCUT2D eigenvalue weighted by molar-refractivity contribution is 4.95. The third-order valence-corrected chi connectivity index (χ3v) is 3.48. The lowest BCUT2D eigenvalue weighted by atomic mass is 10.0. The van der Waals surface area contributed by atoms with Crippen molar-refractivity contribution in [1.82, 2.24) is 4.90 Å². The monoisotopic (exact) mass is 187 g/mol. The van der Waals surface area contributed by atoms with Gasteiger partial charge in [0.1, 0.15) is 5.67 Å². The van der Waals surface area contributed by atoms with Gasteiger partial charge in [-0.1, -0.05) is 13.8 Å². The summed E-state index contributed by atoms with van der Waals surface area (Å²) in [4.78, 5) is 2.31. The Morgan fingerprint density at radius 3 is 2.54 bits per heavy atom. The van der Waals surface area contributed by atoms with Crippen LogP contribution in [0.15, 0.2) is 0 Å². The maximum absolute atomic E-state index is 14.0. The predicted molar refractivity (Wildman–Crippen MR) is 54.7 cm³/mol. The molecule has 0 aliphatic carbocycles. The molecule has 1 rings (SSSR count). The summed E-state index contributed by atoms with van der Waals surface area (Å²) in [5.41, 5.74) is -0.914. The van der Waals surface area contributed by atoms with E-state index in [0.717, 1.165) is 6.42 Å². The number of likely N-dealkylation sites (tertiary alicyclic amines) is 1. The summed E-state index contributed by atoms with van der Waals surface area (Å²) in [7, 11) is 0. The molecule has 1 nitrogen and oxygen atoms in total. The van der Waals surface area contributed by atoms with Crippen molar-refractivity contribution in [3.63, 3.8) is 0 Å². The van der Waals surface area contributed by atoms with Gasteiger partial charge < -0.3 is 0 Å². The second kappa shape index (κ2) is 3.95. The smallest absolute Gasteiger partial charge is 0.124 e. The molecule has 1 fully saturated rings. The summed E-state index contributed by atoms with van der Waals surface area (Å²) in [5, 5.41) is 0. The van der Waals surface area contributed by atoms with Crippen LogP contribution in [-0.4, -0.2) is 29.2 Å². The van der Waals surface area contributed by atoms with Gasteiger partial charge >= 0.3 is 0 Å². The van der Waals surface area contributed by atoms with E-state index in [0.29, 0.717) is 31.5 Å². The van der Waals surface area contributed by atoms with E-state index in [1.54, 1.807) is 0 Å². The molecule has 0 spiro atoms. The number of hydrogen-bond donors (Lipinski definition) is 0. The Hall–Kier alpha value is -0.110. The summed E-state index contributed by atoms with van der Waals surface area (Å²) < 4.78 is 14.0. The predicted octanol–water partition coefficient (Wildman–Crippen LogP) is 3.00. The minimum atomic E-state index is -0.914. The molecule has 0 aromatic rings. The molecule has 0 N–H and O–H groups in total. The van der Waals surface area contributed by atoms with Crippen LogP contribution in [0.25, 0.3) is 0 Å². The zero-order valence-corrected chi connectivity index (χ0v) is 9.31. The van der Waals surface area contributed by atoms with Crippen LogP contribution in [0.4, 0.5) is 4.39 Å². The van der Waals surface area contributed by atoms with Crippen molar-refractivity contribution < 1.29 is 4.39 Å². The lowest BCUT2D eigenvalue weighted by Gasteiger charge is -2.27. The van der Waals surface area contributed by atoms with E-state index in [2.05, 4.69) is 25.7 Å². The maximum atomic E-state index is 14.0. The zero-order chi connectivity index (χ0) is 10.1. The maximum Gasteiger partial charge on any atom is 0.124 e. The van der Waals surface area contributed by atoms with Crippen molar-refractivity contribution in [3.05, 3.63) is 0 Å². The molecule has 2 unspecified atom stereocenters. The first kappa shape index (κ1) is 11.0. The van der Waals surface area contributed by atoms with Crippen LogP contribution in [0.5, 0.6) is 0 Å². The topological polar surface area (TPSA) is 3.24 Å². The van der Waals surface area contributed by atoms with Gasteiger partial charge in [-0.2, -0.15) is 0 Å². The molecule has 0 bridgehead atoms. The summed E-state index contributed by atoms with van der Waals surface area (Å²) in [5.74, 6) is 0. The summed E-state index contributed by atoms with van der Waals surface area (Å²) >= 11 is 0. The van der Waals surface area contributed by atoms with Crippen molar-refractivity contribution in [2.45, 2.75) is 64.7 Å². The molecule has 0 radical (unpaired) electrons. The first-order valence-electron chi connectivity index (χ1n) is 5.47. The van der Waals surface area contributed by atoms with E-state index in [1.165, 1.54) is 0 Å². The van der Waals surface area contributed by atoms with E-state index < -0.39 is 5.67 Å². The number of nitrogens with zero attached hydrogens (tertiary/aromatic N) is 1. The fourth-order valence-electron chi connectivity index (χ4n) is 2.28. The average Bonchev–Trinajstić information content (AvgIpc) is 2.42. The Kier molecular flexibility index (Phi) is 3.33. The third kappa shape index (κ3) is 2.22. The van der Waals surface area contributed by atoms with Gasteiger partial charge in [0.25, 0.3) is 0 Å². The molecule has 1 aliphatic heterocycles. The highest BCUT2D eigenvalue weighted by Gasteiger charge is 2.42. The standard InChI is InChI=1S/C11H22FN/c1-5-9(3)13-8-11(12,6-2)7-10(13)4/h9-10H,5-8H2,1-4H3/t9?,10?,11-/m0/s1. The van der Waals surface area contributed by atoms with Crippen molar-refractivity contribution in [2.24, 2.45) is 0 Å². The van der Waals surface area contributed by atoms with Crippen molar-refractivity contribution in [2.75, 3.05) is 6.54 Å². The van der Waals surface area contributed by atoms with E-state index in [-0.39, 0.29) is 0 Å². The Labute approximate surface area is 81.3 Å². The quantitative estimate of drug-likeness (QED) is 0.656. The Morgan fingerprint density at radius 2 is 2.15 bits per heavy atom. The molecular weight excluding hydrogens is 165 g/mol. The van der Waals surface area contributed by atoms with Crippen molar-refractivity contribution in [3.8, 4) is 0 Å². The Bertz CT molecular complexity index is 171. The minimum absolute atomic E-state index is 0.417. The second-order valence-corrected chi connectivity index (χ2v) is 4.49. The second-order valence-electron chi connectivity index (χ2n) is 4.49. The Morgan fingerprint density at radius 1 is 1.54 bits per heavy atom. The number of hydrogen-bond acceptors (Lipinski definition) is 1. The van der Waals surface area contributed by atoms with Gasteiger partial charge in [-0.3, -0.25) is 4.90 Å². The molecular formula is C11H22FN. The number of rotatable bonds is 3. The molecule has 13 heavy (non-hydrogen) atoms. The zero-order valence-electron chi connectivity index (χ0n) is 9.31. The van der Waals surface area contributed by atoms with Crippen LogP contribution in [-0.2, 0) is 0 Å². The van der Waals surface area contributed by atoms with Crippen LogP contribution >= 0.6 is 0 Å². The third-order valence-electron chi connectivity index (χ3n) is 3.48. The SMILES string of the molecule is CCC(C)N1C[C@](F)(CC)CC1C. The molecule has 1 heterocycles. The average molecular weight is 187 g/mol. The lowest BCUT2D eigenvalue weighted by molar-refractivity contribution is 0.139. The minimum Gasteiger partial charge on any atom is -0.295 e. The van der Waals surface area contributed by atoms with Gasteiger partial charge in [-0.15, -0.1) is 0 Å². The van der Waals surface area contributed by atoms with Crippen LogP contribution in [0, 0.1) is 0 Å². The largest absolute Gasteiger partial charge is 0.295 e. The van der Waals surface area contributed by atoms with Crippen LogP contribution < -0.4 is 0 Å². The van der Waals surface area contributed by atoms with Crippen LogP contribution in [0.1, 0.15) is 47.0 Å². The van der Waals surface area contributed by atoms with E-state index >= 15 is 0 Å². The molecule has 0 aromatic heterocycles. The number of halogens is 1. The van der Waals surface area contributed by atoms with Gasteiger partial charge in [0.2, 0.25) is 0 Å². The fourth-order valence-corrected chi connectivity index (χ4v) is 2.28. The summed E-state index contributed by atoms with van der Waals surface area (Å²) in [6.45, 7) is 9.09. The molecule has 3 atom stereocenters. The molecule has 1 aliphatic rings. The van der Waals surface area contributed by atoms with Crippen LogP contribution in [0.2, 0.25) is 0 Å². The van der Waals surface area contributed by atoms with E-state index in [9.17, 15) is 4.39 Å². The van der Waals surface area contributed by atoms with Gasteiger partial charge in [-0.25, -0.2) is 4.39 Å². The first-order chi connectivity index (χ1) is 6.02. The summed E-state index contributed by atoms with van der Waals surface area (Å²) in [6.07, 6.45) is 2.49. The fraction of sp³-hybridized carbons (Fsp3) is 1.00. The highest BCUT2D eigenvalue weighted by Crippen LogP contribution is 2.34. The van der Waals surface area contributed by atoms with Crippen molar-refractivity contribution in [1.29, 1.82) is 0 Å². The first-order valence-corrected chi connectivity index (χ1v) is 5.47. The molecule has 0 saturated carbocycles. The van der Waals surface area contributed by atoms with Crippen molar-refractivity contribution >= 4 is 0 Å². The van der Waals surface area contributed by atoms with Gasteiger partial charge in [-0.05, 0) is 33.1 Å². The van der Waals surface area contributed by atoms with E-state index in [4.69, 9.17) is 0 Å². The normalized spacial score (nSPS) is 38.1. The summed E-state index contributed by atoms with van der Waals surface area (Å²) in [6, 6.07) is 0.944. The Balaban J connectivity index is 2.61.